The Labute approximate surface area is 120 Å². The molecule has 3 aromatic carbocycles. The van der Waals surface area contributed by atoms with E-state index in [0.717, 1.165) is 6.42 Å². The molecule has 0 saturated heterocycles. The fraction of sp³-hybridized carbons (Fsp3) is 0.158. The van der Waals surface area contributed by atoms with Crippen LogP contribution in [0.4, 0.5) is 0 Å². The van der Waals surface area contributed by atoms with Crippen LogP contribution in [0.5, 0.6) is 0 Å². The topological polar surface area (TPSA) is 26.0 Å². The van der Waals surface area contributed by atoms with Crippen LogP contribution in [0, 0.1) is 0 Å². The predicted molar refractivity (Wildman–Crippen MR) is 86.6 cm³/mol. The highest BCUT2D eigenvalue weighted by Gasteiger charge is 2.05. The smallest absolute Gasteiger partial charge is 0.0292 e. The summed E-state index contributed by atoms with van der Waals surface area (Å²) < 4.78 is 0. The van der Waals surface area contributed by atoms with Crippen molar-refractivity contribution < 1.29 is 0 Å². The molecule has 0 aliphatic rings. The number of hydrogen-bond acceptors (Lipinski definition) is 1. The second kappa shape index (κ2) is 5.48. The number of benzene rings is 3. The van der Waals surface area contributed by atoms with Gasteiger partial charge in [-0.1, -0.05) is 61.5 Å². The molecule has 1 unspecified atom stereocenters. The molecule has 0 aliphatic heterocycles. The molecule has 20 heavy (non-hydrogen) atoms. The molecule has 0 aliphatic carbocycles. The van der Waals surface area contributed by atoms with Crippen LogP contribution in [-0.4, -0.2) is 0 Å². The van der Waals surface area contributed by atoms with E-state index in [0.29, 0.717) is 0 Å². The minimum absolute atomic E-state index is 0.121. The highest BCUT2D eigenvalue weighted by atomic mass is 14.6. The molecule has 1 nitrogen and oxygen atoms in total. The van der Waals surface area contributed by atoms with Crippen molar-refractivity contribution >= 4 is 10.8 Å². The summed E-state index contributed by atoms with van der Waals surface area (Å²) in [5.74, 6) is 0. The van der Waals surface area contributed by atoms with Crippen molar-refractivity contribution in [3.05, 3.63) is 72.3 Å². The van der Waals surface area contributed by atoms with E-state index in [4.69, 9.17) is 5.73 Å². The molecule has 0 amide bonds. The molecule has 0 aromatic heterocycles. The Kier molecular flexibility index (Phi) is 3.53. The Balaban J connectivity index is 2.06. The normalized spacial score (nSPS) is 12.5. The summed E-state index contributed by atoms with van der Waals surface area (Å²) in [6, 6.07) is 23.7. The van der Waals surface area contributed by atoms with Crippen molar-refractivity contribution in [2.75, 3.05) is 0 Å². The Morgan fingerprint density at radius 3 is 2.35 bits per heavy atom. The van der Waals surface area contributed by atoms with Crippen molar-refractivity contribution in [1.29, 1.82) is 0 Å². The van der Waals surface area contributed by atoms with Gasteiger partial charge in [0.2, 0.25) is 0 Å². The van der Waals surface area contributed by atoms with E-state index >= 15 is 0 Å². The molecule has 0 saturated carbocycles. The fourth-order valence-corrected chi connectivity index (χ4v) is 2.55. The van der Waals surface area contributed by atoms with Gasteiger partial charge in [0.25, 0.3) is 0 Å². The lowest BCUT2D eigenvalue weighted by Gasteiger charge is -2.11. The summed E-state index contributed by atoms with van der Waals surface area (Å²) in [5, 5.41) is 2.55. The third kappa shape index (κ3) is 2.45. The van der Waals surface area contributed by atoms with Gasteiger partial charge < -0.3 is 5.73 Å². The Morgan fingerprint density at radius 2 is 1.55 bits per heavy atom. The standard InChI is InChI=1S/C19H19N/c1-2-19(20)18-9-5-8-16(13-18)17-11-10-14-6-3-4-7-15(14)12-17/h3-13,19H,2,20H2,1H3. The van der Waals surface area contributed by atoms with E-state index in [2.05, 4.69) is 73.7 Å². The highest BCUT2D eigenvalue weighted by Crippen LogP contribution is 2.26. The zero-order valence-electron chi connectivity index (χ0n) is 11.7. The lowest BCUT2D eigenvalue weighted by atomic mass is 9.97. The molecular weight excluding hydrogens is 242 g/mol. The van der Waals surface area contributed by atoms with Gasteiger partial charge >= 0.3 is 0 Å². The highest BCUT2D eigenvalue weighted by molar-refractivity contribution is 5.87. The molecule has 0 fully saturated rings. The second-order valence-corrected chi connectivity index (χ2v) is 5.20. The molecule has 0 bridgehead atoms. The largest absolute Gasteiger partial charge is 0.324 e. The van der Waals surface area contributed by atoms with Crippen molar-refractivity contribution in [3.63, 3.8) is 0 Å². The van der Waals surface area contributed by atoms with Crippen molar-refractivity contribution in [2.24, 2.45) is 5.73 Å². The molecule has 2 N–H and O–H groups in total. The van der Waals surface area contributed by atoms with Gasteiger partial charge in [0, 0.05) is 6.04 Å². The molecule has 0 spiro atoms. The van der Waals surface area contributed by atoms with E-state index < -0.39 is 0 Å². The zero-order valence-corrected chi connectivity index (χ0v) is 11.7. The maximum atomic E-state index is 6.13. The maximum Gasteiger partial charge on any atom is 0.0292 e. The average Bonchev–Trinajstić information content (AvgIpc) is 2.53. The minimum Gasteiger partial charge on any atom is -0.324 e. The van der Waals surface area contributed by atoms with Crippen LogP contribution in [0.15, 0.2) is 66.7 Å². The number of nitrogens with two attached hydrogens (primary N) is 1. The zero-order chi connectivity index (χ0) is 13.9. The first-order valence-electron chi connectivity index (χ1n) is 7.12. The predicted octanol–water partition coefficient (Wildman–Crippen LogP) is 4.92. The summed E-state index contributed by atoms with van der Waals surface area (Å²) in [7, 11) is 0. The van der Waals surface area contributed by atoms with Gasteiger partial charge in [0.05, 0.1) is 0 Å². The van der Waals surface area contributed by atoms with Crippen LogP contribution in [0.25, 0.3) is 21.9 Å². The SMILES string of the molecule is CCC(N)c1cccc(-c2ccc3ccccc3c2)c1. The summed E-state index contributed by atoms with van der Waals surface area (Å²) >= 11 is 0. The first kappa shape index (κ1) is 12.9. The quantitative estimate of drug-likeness (QED) is 0.711. The number of hydrogen-bond donors (Lipinski definition) is 1. The van der Waals surface area contributed by atoms with Gasteiger partial charge in [-0.15, -0.1) is 0 Å². The molecular formula is C19H19N. The average molecular weight is 261 g/mol. The van der Waals surface area contributed by atoms with Crippen molar-refractivity contribution in [2.45, 2.75) is 19.4 Å². The first-order chi connectivity index (χ1) is 9.78. The maximum absolute atomic E-state index is 6.13. The van der Waals surface area contributed by atoms with E-state index in [1.54, 1.807) is 0 Å². The van der Waals surface area contributed by atoms with Crippen LogP contribution in [0.2, 0.25) is 0 Å². The van der Waals surface area contributed by atoms with Crippen molar-refractivity contribution in [3.8, 4) is 11.1 Å². The van der Waals surface area contributed by atoms with Gasteiger partial charge in [0.15, 0.2) is 0 Å². The molecule has 0 radical (unpaired) electrons. The third-order valence-corrected chi connectivity index (χ3v) is 3.84. The van der Waals surface area contributed by atoms with Crippen LogP contribution in [-0.2, 0) is 0 Å². The molecule has 3 rings (SSSR count). The van der Waals surface area contributed by atoms with Gasteiger partial charge in [-0.3, -0.25) is 0 Å². The Bertz CT molecular complexity index is 730. The van der Waals surface area contributed by atoms with Crippen LogP contribution < -0.4 is 5.73 Å². The van der Waals surface area contributed by atoms with Crippen LogP contribution >= 0.6 is 0 Å². The van der Waals surface area contributed by atoms with E-state index in [-0.39, 0.29) is 6.04 Å². The van der Waals surface area contributed by atoms with Gasteiger partial charge in [-0.05, 0) is 46.0 Å². The second-order valence-electron chi connectivity index (χ2n) is 5.20. The van der Waals surface area contributed by atoms with Gasteiger partial charge in [-0.25, -0.2) is 0 Å². The number of rotatable bonds is 3. The summed E-state index contributed by atoms with van der Waals surface area (Å²) in [6.07, 6.45) is 0.959. The van der Waals surface area contributed by atoms with Gasteiger partial charge in [0.1, 0.15) is 0 Å². The lowest BCUT2D eigenvalue weighted by molar-refractivity contribution is 0.699. The van der Waals surface area contributed by atoms with Crippen molar-refractivity contribution in [1.82, 2.24) is 0 Å². The molecule has 1 heteroatoms. The lowest BCUT2D eigenvalue weighted by Crippen LogP contribution is -2.08. The molecule has 1 atom stereocenters. The third-order valence-electron chi connectivity index (χ3n) is 3.84. The van der Waals surface area contributed by atoms with E-state index in [9.17, 15) is 0 Å². The van der Waals surface area contributed by atoms with E-state index in [1.807, 2.05) is 0 Å². The summed E-state index contributed by atoms with van der Waals surface area (Å²) in [4.78, 5) is 0. The number of fused-ring (bicyclic) bond motifs is 1. The minimum atomic E-state index is 0.121. The molecule has 0 heterocycles. The van der Waals surface area contributed by atoms with Crippen LogP contribution in [0.3, 0.4) is 0 Å². The summed E-state index contributed by atoms with van der Waals surface area (Å²) in [5.41, 5.74) is 9.82. The monoisotopic (exact) mass is 261 g/mol. The Hall–Kier alpha value is -2.12. The van der Waals surface area contributed by atoms with Crippen LogP contribution in [0.1, 0.15) is 24.9 Å². The van der Waals surface area contributed by atoms with Gasteiger partial charge in [-0.2, -0.15) is 0 Å². The fourth-order valence-electron chi connectivity index (χ4n) is 2.55. The molecule has 3 aromatic rings. The summed E-state index contributed by atoms with van der Waals surface area (Å²) in [6.45, 7) is 2.12. The Morgan fingerprint density at radius 1 is 0.800 bits per heavy atom. The first-order valence-corrected chi connectivity index (χ1v) is 7.12. The van der Waals surface area contributed by atoms with E-state index in [1.165, 1.54) is 27.5 Å². The molecule has 100 valence electrons.